The zero-order valence-corrected chi connectivity index (χ0v) is 28.5. The normalized spacial score (nSPS) is 16.8. The minimum absolute atomic E-state index is 0.183. The predicted molar refractivity (Wildman–Crippen MR) is 190 cm³/mol. The standard InChI is InChI=1S/C36H43N7O4S/c1-40(10-9-28-27-5-3-4-6-33(27)48-34(28)21-45)32-18-37-17-29(30(32)20-44)24-15-31(36(46)41(2)19-24)39-35-8-7-25(16-38-35)42-11-13-43(14-12-42)26-22-47-23-26/h7-8,15-19,21,26,44H,3-6,9-14,20,22-23H2,1-2H3,(H,38,39). The average molecular weight is 670 g/mol. The Balaban J connectivity index is 1.08. The number of likely N-dealkylation sites (N-methyl/N-ethyl adjacent to an activating group) is 1. The topological polar surface area (TPSA) is 116 Å². The molecule has 4 aromatic rings. The van der Waals surface area contributed by atoms with Crippen molar-refractivity contribution >= 4 is 40.5 Å². The lowest BCUT2D eigenvalue weighted by Crippen LogP contribution is -2.56. The Morgan fingerprint density at radius 1 is 1.10 bits per heavy atom. The number of carbonyl (C=O) groups excluding carboxylic acids is 1. The van der Waals surface area contributed by atoms with E-state index in [0.29, 0.717) is 24.1 Å². The summed E-state index contributed by atoms with van der Waals surface area (Å²) in [4.78, 5) is 43.4. The van der Waals surface area contributed by atoms with Crippen molar-refractivity contribution in [3.8, 4) is 11.1 Å². The highest BCUT2D eigenvalue weighted by atomic mass is 32.1. The van der Waals surface area contributed by atoms with Gasteiger partial charge in [-0.2, -0.15) is 0 Å². The molecule has 7 rings (SSSR count). The molecule has 0 unspecified atom stereocenters. The van der Waals surface area contributed by atoms with Gasteiger partial charge >= 0.3 is 0 Å². The lowest BCUT2D eigenvalue weighted by atomic mass is 9.93. The minimum atomic E-state index is -0.192. The number of nitrogens with one attached hydrogen (secondary N) is 1. The molecule has 4 aromatic heterocycles. The van der Waals surface area contributed by atoms with E-state index >= 15 is 0 Å². The summed E-state index contributed by atoms with van der Waals surface area (Å²) in [5.41, 5.74) is 6.85. The maximum atomic E-state index is 13.2. The lowest BCUT2D eigenvalue weighted by Gasteiger charge is -2.43. The summed E-state index contributed by atoms with van der Waals surface area (Å²) < 4.78 is 6.89. The quantitative estimate of drug-likeness (QED) is 0.227. The zero-order valence-electron chi connectivity index (χ0n) is 27.7. The van der Waals surface area contributed by atoms with Gasteiger partial charge in [0.25, 0.3) is 5.56 Å². The molecule has 2 fully saturated rings. The van der Waals surface area contributed by atoms with Crippen LogP contribution >= 0.6 is 11.3 Å². The molecule has 252 valence electrons. The number of aliphatic hydroxyl groups is 1. The first-order chi connectivity index (χ1) is 23.4. The SMILES string of the molecule is CN(CCc1c(C=O)sc2c1CCCC2)c1cncc(-c2cc(Nc3ccc(N4CCN(C5COC5)CC4)cn3)c(=O)n(C)c2)c1CO. The van der Waals surface area contributed by atoms with Crippen LogP contribution in [0.1, 0.15) is 44.1 Å². The molecule has 0 atom stereocenters. The molecule has 1 aliphatic carbocycles. The third-order valence-corrected chi connectivity index (χ3v) is 11.3. The summed E-state index contributed by atoms with van der Waals surface area (Å²) in [5.74, 6) is 0.581. The first kappa shape index (κ1) is 32.4. The highest BCUT2D eigenvalue weighted by Gasteiger charge is 2.29. The van der Waals surface area contributed by atoms with Crippen LogP contribution in [0, 0.1) is 0 Å². The monoisotopic (exact) mass is 669 g/mol. The molecule has 0 amide bonds. The van der Waals surface area contributed by atoms with Crippen LogP contribution in [0.5, 0.6) is 0 Å². The minimum Gasteiger partial charge on any atom is -0.392 e. The fourth-order valence-electron chi connectivity index (χ4n) is 7.15. The van der Waals surface area contributed by atoms with Crippen molar-refractivity contribution in [2.24, 2.45) is 7.05 Å². The molecule has 2 saturated heterocycles. The Bertz CT molecular complexity index is 1830. The molecule has 0 radical (unpaired) electrons. The van der Waals surface area contributed by atoms with Gasteiger partial charge in [-0.1, -0.05) is 0 Å². The molecular weight excluding hydrogens is 627 g/mol. The Labute approximate surface area is 284 Å². The van der Waals surface area contributed by atoms with Crippen LogP contribution in [0.2, 0.25) is 0 Å². The fraction of sp³-hybridized carbons (Fsp3) is 0.444. The largest absolute Gasteiger partial charge is 0.392 e. The van der Waals surface area contributed by atoms with E-state index in [1.54, 1.807) is 43.0 Å². The molecule has 0 spiro atoms. The zero-order chi connectivity index (χ0) is 33.2. The van der Waals surface area contributed by atoms with Crippen LogP contribution in [0.25, 0.3) is 11.1 Å². The molecule has 11 nitrogen and oxygen atoms in total. The number of fused-ring (bicyclic) bond motifs is 1. The second-order valence-corrected chi connectivity index (χ2v) is 14.1. The second-order valence-electron chi connectivity index (χ2n) is 13.0. The van der Waals surface area contributed by atoms with Crippen molar-refractivity contribution in [2.75, 3.05) is 68.1 Å². The van der Waals surface area contributed by atoms with Crippen LogP contribution in [0.4, 0.5) is 22.9 Å². The molecular formula is C36H43N7O4S. The van der Waals surface area contributed by atoms with Gasteiger partial charge in [0.05, 0.1) is 54.5 Å². The first-order valence-electron chi connectivity index (χ1n) is 16.8. The molecule has 0 saturated carbocycles. The van der Waals surface area contributed by atoms with Crippen molar-refractivity contribution in [3.05, 3.63) is 79.8 Å². The van der Waals surface area contributed by atoms with E-state index in [1.807, 2.05) is 25.4 Å². The van der Waals surface area contributed by atoms with Gasteiger partial charge in [0.2, 0.25) is 0 Å². The van der Waals surface area contributed by atoms with Gasteiger partial charge in [0.15, 0.2) is 6.29 Å². The smallest absolute Gasteiger partial charge is 0.274 e. The molecule has 2 aliphatic heterocycles. The van der Waals surface area contributed by atoms with E-state index < -0.39 is 0 Å². The van der Waals surface area contributed by atoms with Crippen molar-refractivity contribution < 1.29 is 14.6 Å². The lowest BCUT2D eigenvalue weighted by molar-refractivity contribution is -0.0660. The van der Waals surface area contributed by atoms with Crippen molar-refractivity contribution in [1.82, 2.24) is 19.4 Å². The first-order valence-corrected chi connectivity index (χ1v) is 17.6. The number of aromatic nitrogens is 3. The van der Waals surface area contributed by atoms with E-state index in [4.69, 9.17) is 4.74 Å². The van der Waals surface area contributed by atoms with Crippen LogP contribution < -0.4 is 20.7 Å². The number of aliphatic hydroxyl groups excluding tert-OH is 1. The van der Waals surface area contributed by atoms with Gasteiger partial charge in [0, 0.05) is 80.8 Å². The highest BCUT2D eigenvalue weighted by Crippen LogP contribution is 2.35. The van der Waals surface area contributed by atoms with Crippen LogP contribution in [0.3, 0.4) is 0 Å². The third kappa shape index (κ3) is 6.49. The fourth-order valence-corrected chi connectivity index (χ4v) is 8.41. The molecule has 0 aromatic carbocycles. The molecule has 48 heavy (non-hydrogen) atoms. The predicted octanol–water partition coefficient (Wildman–Crippen LogP) is 4.03. The Morgan fingerprint density at radius 2 is 1.92 bits per heavy atom. The number of carbonyl (C=O) groups is 1. The second kappa shape index (κ2) is 14.2. The van der Waals surface area contributed by atoms with Crippen molar-refractivity contribution in [1.29, 1.82) is 0 Å². The number of ether oxygens (including phenoxy) is 1. The van der Waals surface area contributed by atoms with Crippen LogP contribution in [-0.2, 0) is 37.7 Å². The van der Waals surface area contributed by atoms with Crippen LogP contribution in [0.15, 0.2) is 47.8 Å². The summed E-state index contributed by atoms with van der Waals surface area (Å²) in [7, 11) is 3.71. The number of nitrogens with zero attached hydrogens (tertiary/aromatic N) is 6. The number of rotatable bonds is 11. The summed E-state index contributed by atoms with van der Waals surface area (Å²) in [6.07, 6.45) is 13.3. The summed E-state index contributed by atoms with van der Waals surface area (Å²) in [5, 5.41) is 13.8. The van der Waals surface area contributed by atoms with Crippen LogP contribution in [-0.4, -0.2) is 89.9 Å². The molecule has 2 N–H and O–H groups in total. The van der Waals surface area contributed by atoms with E-state index in [2.05, 4.69) is 30.0 Å². The Morgan fingerprint density at radius 3 is 2.62 bits per heavy atom. The van der Waals surface area contributed by atoms with Gasteiger partial charge < -0.3 is 29.5 Å². The summed E-state index contributed by atoms with van der Waals surface area (Å²) >= 11 is 1.65. The van der Waals surface area contributed by atoms with Crippen molar-refractivity contribution in [3.63, 3.8) is 0 Å². The van der Waals surface area contributed by atoms with E-state index in [-0.39, 0.29) is 12.2 Å². The number of anilines is 4. The number of thiophene rings is 1. The number of hydrogen-bond donors (Lipinski definition) is 2. The number of hydrogen-bond acceptors (Lipinski definition) is 11. The maximum Gasteiger partial charge on any atom is 0.274 e. The van der Waals surface area contributed by atoms with E-state index in [0.717, 1.165) is 104 Å². The molecule has 12 heteroatoms. The van der Waals surface area contributed by atoms with E-state index in [9.17, 15) is 14.7 Å². The highest BCUT2D eigenvalue weighted by molar-refractivity contribution is 7.14. The third-order valence-electron chi connectivity index (χ3n) is 10.0. The van der Waals surface area contributed by atoms with Crippen molar-refractivity contribution in [2.45, 2.75) is 44.8 Å². The summed E-state index contributed by atoms with van der Waals surface area (Å²) in [6, 6.07) is 6.31. The summed E-state index contributed by atoms with van der Waals surface area (Å²) in [6.45, 7) is 6.06. The van der Waals surface area contributed by atoms with E-state index in [1.165, 1.54) is 27.0 Å². The molecule has 6 heterocycles. The molecule has 3 aliphatic rings. The number of pyridine rings is 3. The number of aryl methyl sites for hydroxylation is 2. The number of piperazine rings is 1. The number of aldehydes is 1. The van der Waals surface area contributed by atoms with Gasteiger partial charge in [-0.05, 0) is 61.4 Å². The van der Waals surface area contributed by atoms with Gasteiger partial charge in [0.1, 0.15) is 11.5 Å². The van der Waals surface area contributed by atoms with Gasteiger partial charge in [-0.15, -0.1) is 11.3 Å². The average Bonchev–Trinajstić information content (AvgIpc) is 3.46. The molecule has 0 bridgehead atoms. The van der Waals surface area contributed by atoms with Gasteiger partial charge in [-0.3, -0.25) is 19.5 Å². The Kier molecular flexibility index (Phi) is 9.58. The maximum absolute atomic E-state index is 13.2. The Hall–Kier alpha value is -4.10. The van der Waals surface area contributed by atoms with Gasteiger partial charge in [-0.25, -0.2) is 4.98 Å².